The van der Waals surface area contributed by atoms with Gasteiger partial charge in [0.2, 0.25) is 5.91 Å². The summed E-state index contributed by atoms with van der Waals surface area (Å²) in [5.74, 6) is 0.398. The number of amides is 1. The highest BCUT2D eigenvalue weighted by molar-refractivity contribution is 5.85. The Labute approximate surface area is 137 Å². The molecule has 0 saturated carbocycles. The molecule has 1 amide bonds. The van der Waals surface area contributed by atoms with Gasteiger partial charge in [0.05, 0.1) is 6.61 Å². The van der Waals surface area contributed by atoms with Crippen molar-refractivity contribution in [1.29, 1.82) is 0 Å². The van der Waals surface area contributed by atoms with Gasteiger partial charge in [-0.05, 0) is 49.5 Å². The lowest BCUT2D eigenvalue weighted by molar-refractivity contribution is -0.121. The van der Waals surface area contributed by atoms with E-state index in [4.69, 9.17) is 4.74 Å². The minimum atomic E-state index is -0.277. The van der Waals surface area contributed by atoms with Gasteiger partial charge < -0.3 is 15.4 Å². The van der Waals surface area contributed by atoms with Gasteiger partial charge >= 0.3 is 0 Å². The molecular formula is C16H24ClFN2O2. The molecule has 0 aromatic heterocycles. The van der Waals surface area contributed by atoms with Crippen molar-refractivity contribution in [2.45, 2.75) is 32.4 Å². The van der Waals surface area contributed by atoms with Gasteiger partial charge in [-0.25, -0.2) is 4.39 Å². The molecular weight excluding hydrogens is 307 g/mol. The summed E-state index contributed by atoms with van der Waals surface area (Å²) in [6, 6.07) is 4.84. The average molecular weight is 331 g/mol. The van der Waals surface area contributed by atoms with E-state index < -0.39 is 0 Å². The monoisotopic (exact) mass is 330 g/mol. The maximum absolute atomic E-state index is 13.5. The van der Waals surface area contributed by atoms with Crippen LogP contribution in [-0.4, -0.2) is 26.1 Å². The van der Waals surface area contributed by atoms with Crippen LogP contribution in [0.5, 0.6) is 0 Å². The molecule has 22 heavy (non-hydrogen) atoms. The molecule has 0 bridgehead atoms. The van der Waals surface area contributed by atoms with Crippen molar-refractivity contribution in [3.8, 4) is 0 Å². The smallest absolute Gasteiger partial charge is 0.220 e. The van der Waals surface area contributed by atoms with Crippen LogP contribution in [0.1, 0.15) is 30.4 Å². The van der Waals surface area contributed by atoms with Crippen molar-refractivity contribution in [1.82, 2.24) is 10.6 Å². The number of methoxy groups -OCH3 is 1. The molecule has 1 aromatic carbocycles. The van der Waals surface area contributed by atoms with Gasteiger partial charge in [0.1, 0.15) is 5.82 Å². The molecule has 2 N–H and O–H groups in total. The van der Waals surface area contributed by atoms with Crippen LogP contribution >= 0.6 is 12.4 Å². The van der Waals surface area contributed by atoms with Crippen LogP contribution in [0.3, 0.4) is 0 Å². The largest absolute Gasteiger partial charge is 0.380 e. The van der Waals surface area contributed by atoms with E-state index in [-0.39, 0.29) is 30.7 Å². The number of carbonyl (C=O) groups excluding carboxylic acids is 1. The maximum atomic E-state index is 13.5. The fourth-order valence-electron chi connectivity index (χ4n) is 2.59. The highest BCUT2D eigenvalue weighted by Crippen LogP contribution is 2.14. The maximum Gasteiger partial charge on any atom is 0.220 e. The lowest BCUT2D eigenvalue weighted by Gasteiger charge is -2.10. The number of carbonyl (C=O) groups is 1. The Morgan fingerprint density at radius 3 is 3.00 bits per heavy atom. The highest BCUT2D eigenvalue weighted by atomic mass is 35.5. The summed E-state index contributed by atoms with van der Waals surface area (Å²) in [4.78, 5) is 11.8. The summed E-state index contributed by atoms with van der Waals surface area (Å²) in [6.07, 6.45) is 2.64. The molecule has 4 nitrogen and oxygen atoms in total. The fourth-order valence-corrected chi connectivity index (χ4v) is 2.59. The second-order valence-corrected chi connectivity index (χ2v) is 5.53. The Hall–Kier alpha value is -1.17. The lowest BCUT2D eigenvalue weighted by atomic mass is 10.0. The zero-order chi connectivity index (χ0) is 15.1. The molecule has 1 fully saturated rings. The van der Waals surface area contributed by atoms with Crippen LogP contribution in [0, 0.1) is 11.7 Å². The zero-order valence-electron chi connectivity index (χ0n) is 12.9. The van der Waals surface area contributed by atoms with Crippen LogP contribution in [0.2, 0.25) is 0 Å². The molecule has 2 rings (SSSR count). The van der Waals surface area contributed by atoms with Crippen LogP contribution in [0.15, 0.2) is 18.2 Å². The predicted octanol–water partition coefficient (Wildman–Crippen LogP) is 2.40. The summed E-state index contributed by atoms with van der Waals surface area (Å²) in [5, 5.41) is 6.19. The number of hydrogen-bond donors (Lipinski definition) is 2. The SMILES string of the molecule is COCc1cc(CNC(=O)CCC2CCNC2)ccc1F.Cl. The molecule has 1 heterocycles. The minimum absolute atomic E-state index is 0. The van der Waals surface area contributed by atoms with Crippen molar-refractivity contribution < 1.29 is 13.9 Å². The fraction of sp³-hybridized carbons (Fsp3) is 0.562. The number of halogens is 2. The zero-order valence-corrected chi connectivity index (χ0v) is 13.7. The third kappa shape index (κ3) is 5.91. The predicted molar refractivity (Wildman–Crippen MR) is 86.4 cm³/mol. The van der Waals surface area contributed by atoms with E-state index in [2.05, 4.69) is 10.6 Å². The molecule has 0 spiro atoms. The molecule has 0 aliphatic carbocycles. The van der Waals surface area contributed by atoms with Crippen molar-refractivity contribution in [2.24, 2.45) is 5.92 Å². The Bertz CT molecular complexity index is 479. The standard InChI is InChI=1S/C16H23FN2O2.ClH/c1-21-11-14-8-13(2-4-15(14)17)10-19-16(20)5-3-12-6-7-18-9-12;/h2,4,8,12,18H,3,5-7,9-11H2,1H3,(H,19,20);1H. The molecule has 1 saturated heterocycles. The van der Waals surface area contributed by atoms with Crippen molar-refractivity contribution in [2.75, 3.05) is 20.2 Å². The van der Waals surface area contributed by atoms with Crippen LogP contribution < -0.4 is 10.6 Å². The Balaban J connectivity index is 0.00000242. The first-order valence-corrected chi connectivity index (χ1v) is 7.42. The van der Waals surface area contributed by atoms with E-state index in [9.17, 15) is 9.18 Å². The quantitative estimate of drug-likeness (QED) is 0.807. The van der Waals surface area contributed by atoms with Gasteiger partial charge in [0.15, 0.2) is 0 Å². The highest BCUT2D eigenvalue weighted by Gasteiger charge is 2.15. The van der Waals surface area contributed by atoms with Gasteiger partial charge in [0.25, 0.3) is 0 Å². The molecule has 6 heteroatoms. The van der Waals surface area contributed by atoms with E-state index >= 15 is 0 Å². The van der Waals surface area contributed by atoms with Gasteiger partial charge in [-0.3, -0.25) is 4.79 Å². The molecule has 1 unspecified atom stereocenters. The van der Waals surface area contributed by atoms with E-state index in [1.165, 1.54) is 13.2 Å². The molecule has 1 aromatic rings. The summed E-state index contributed by atoms with van der Waals surface area (Å²) in [5.41, 5.74) is 1.40. The topological polar surface area (TPSA) is 50.4 Å². The molecule has 124 valence electrons. The normalized spacial score (nSPS) is 17.1. The number of rotatable bonds is 7. The Morgan fingerprint density at radius 2 is 2.32 bits per heavy atom. The second kappa shape index (κ2) is 9.77. The molecule has 1 aliphatic heterocycles. The van der Waals surface area contributed by atoms with Crippen molar-refractivity contribution in [3.63, 3.8) is 0 Å². The number of ether oxygens (including phenoxy) is 1. The van der Waals surface area contributed by atoms with E-state index in [0.29, 0.717) is 24.4 Å². The summed E-state index contributed by atoms with van der Waals surface area (Å²) < 4.78 is 18.4. The van der Waals surface area contributed by atoms with Crippen LogP contribution in [0.4, 0.5) is 4.39 Å². The van der Waals surface area contributed by atoms with Gasteiger partial charge in [-0.15, -0.1) is 12.4 Å². The first-order valence-electron chi connectivity index (χ1n) is 7.42. The summed E-state index contributed by atoms with van der Waals surface area (Å²) in [7, 11) is 1.53. The van der Waals surface area contributed by atoms with E-state index in [0.717, 1.165) is 31.5 Å². The van der Waals surface area contributed by atoms with Gasteiger partial charge in [-0.1, -0.05) is 6.07 Å². The summed E-state index contributed by atoms with van der Waals surface area (Å²) in [6.45, 7) is 2.75. The van der Waals surface area contributed by atoms with Crippen molar-refractivity contribution >= 4 is 18.3 Å². The number of nitrogens with one attached hydrogen (secondary N) is 2. The Kier molecular flexibility index (Phi) is 8.38. The van der Waals surface area contributed by atoms with Crippen LogP contribution in [-0.2, 0) is 22.7 Å². The van der Waals surface area contributed by atoms with Gasteiger partial charge in [0, 0.05) is 25.6 Å². The third-order valence-corrected chi connectivity index (χ3v) is 3.84. The minimum Gasteiger partial charge on any atom is -0.380 e. The number of benzene rings is 1. The van der Waals surface area contributed by atoms with Gasteiger partial charge in [-0.2, -0.15) is 0 Å². The third-order valence-electron chi connectivity index (χ3n) is 3.84. The second-order valence-electron chi connectivity index (χ2n) is 5.53. The van der Waals surface area contributed by atoms with E-state index in [1.807, 2.05) is 0 Å². The first kappa shape index (κ1) is 18.9. The lowest BCUT2D eigenvalue weighted by Crippen LogP contribution is -2.23. The Morgan fingerprint density at radius 1 is 1.50 bits per heavy atom. The van der Waals surface area contributed by atoms with Crippen LogP contribution in [0.25, 0.3) is 0 Å². The number of hydrogen-bond acceptors (Lipinski definition) is 3. The summed E-state index contributed by atoms with van der Waals surface area (Å²) >= 11 is 0. The molecule has 1 atom stereocenters. The first-order chi connectivity index (χ1) is 10.2. The molecule has 1 aliphatic rings. The molecule has 0 radical (unpaired) electrons. The van der Waals surface area contributed by atoms with E-state index in [1.54, 1.807) is 12.1 Å². The van der Waals surface area contributed by atoms with Crippen molar-refractivity contribution in [3.05, 3.63) is 35.1 Å². The average Bonchev–Trinajstić information content (AvgIpc) is 2.99.